The van der Waals surface area contributed by atoms with Crippen molar-refractivity contribution in [3.8, 4) is 0 Å². The number of nitro groups is 1. The average Bonchev–Trinajstić information content (AvgIpc) is 2.35. The molecule has 0 spiro atoms. The van der Waals surface area contributed by atoms with Crippen molar-refractivity contribution in [2.45, 2.75) is 40.7 Å². The van der Waals surface area contributed by atoms with Gasteiger partial charge in [0, 0.05) is 17.7 Å². The molecule has 0 heterocycles. The molecule has 0 aliphatic heterocycles. The van der Waals surface area contributed by atoms with Crippen LogP contribution in [0, 0.1) is 28.9 Å². The van der Waals surface area contributed by atoms with Crippen LogP contribution in [0.2, 0.25) is 0 Å². The molecule has 4 nitrogen and oxygen atoms in total. The van der Waals surface area contributed by atoms with Gasteiger partial charge in [0.25, 0.3) is 5.69 Å². The molecule has 19 heavy (non-hydrogen) atoms. The first-order valence-electron chi connectivity index (χ1n) is 6.81. The predicted octanol–water partition coefficient (Wildman–Crippen LogP) is 3.85. The third kappa shape index (κ3) is 4.31. The van der Waals surface area contributed by atoms with Crippen LogP contribution in [0.3, 0.4) is 0 Å². The Labute approximate surface area is 115 Å². The summed E-state index contributed by atoms with van der Waals surface area (Å²) in [6.45, 7) is 11.3. The van der Waals surface area contributed by atoms with Crippen molar-refractivity contribution >= 4 is 5.69 Å². The van der Waals surface area contributed by atoms with Crippen LogP contribution >= 0.6 is 0 Å². The van der Waals surface area contributed by atoms with Gasteiger partial charge in [0.05, 0.1) is 4.92 Å². The fraction of sp³-hybridized carbons (Fsp3) is 0.600. The highest BCUT2D eigenvalue weighted by molar-refractivity contribution is 5.43. The van der Waals surface area contributed by atoms with Gasteiger partial charge in [-0.05, 0) is 37.8 Å². The Morgan fingerprint density at radius 2 is 1.89 bits per heavy atom. The summed E-state index contributed by atoms with van der Waals surface area (Å²) in [5.74, 6) is 1.22. The van der Waals surface area contributed by atoms with Gasteiger partial charge >= 0.3 is 0 Å². The van der Waals surface area contributed by atoms with Crippen LogP contribution in [-0.4, -0.2) is 11.5 Å². The number of hydrogen-bond acceptors (Lipinski definition) is 3. The first-order chi connectivity index (χ1) is 8.82. The Kier molecular flexibility index (Phi) is 5.48. The zero-order valence-electron chi connectivity index (χ0n) is 12.4. The standard InChI is InChI=1S/C15H24N2O2/c1-10(2)12(4)9-16-13(5)14-7-6-11(3)15(8-14)17(18)19/h6-8,10,12-13,16H,9H2,1-5H3. The van der Waals surface area contributed by atoms with E-state index >= 15 is 0 Å². The summed E-state index contributed by atoms with van der Waals surface area (Å²) in [6, 6.07) is 5.57. The molecule has 1 N–H and O–H groups in total. The van der Waals surface area contributed by atoms with Gasteiger partial charge in [-0.25, -0.2) is 0 Å². The molecule has 0 saturated heterocycles. The van der Waals surface area contributed by atoms with E-state index in [0.29, 0.717) is 17.4 Å². The molecule has 2 atom stereocenters. The van der Waals surface area contributed by atoms with Crippen molar-refractivity contribution in [2.75, 3.05) is 6.54 Å². The van der Waals surface area contributed by atoms with Crippen LogP contribution in [0.5, 0.6) is 0 Å². The van der Waals surface area contributed by atoms with Crippen molar-refractivity contribution in [2.24, 2.45) is 11.8 Å². The van der Waals surface area contributed by atoms with E-state index in [-0.39, 0.29) is 16.7 Å². The first-order valence-corrected chi connectivity index (χ1v) is 6.81. The highest BCUT2D eigenvalue weighted by Gasteiger charge is 2.15. The molecule has 0 aliphatic carbocycles. The molecule has 106 valence electrons. The van der Waals surface area contributed by atoms with E-state index in [0.717, 1.165) is 12.1 Å². The van der Waals surface area contributed by atoms with Crippen LogP contribution < -0.4 is 5.32 Å². The van der Waals surface area contributed by atoms with Gasteiger partial charge in [-0.1, -0.05) is 32.9 Å². The number of nitrogens with zero attached hydrogens (tertiary/aromatic N) is 1. The van der Waals surface area contributed by atoms with Crippen molar-refractivity contribution < 1.29 is 4.92 Å². The zero-order valence-corrected chi connectivity index (χ0v) is 12.4. The molecular weight excluding hydrogens is 240 g/mol. The highest BCUT2D eigenvalue weighted by atomic mass is 16.6. The minimum atomic E-state index is -0.317. The predicted molar refractivity (Wildman–Crippen MR) is 78.3 cm³/mol. The molecule has 0 amide bonds. The molecule has 0 aliphatic rings. The number of benzene rings is 1. The quantitative estimate of drug-likeness (QED) is 0.627. The smallest absolute Gasteiger partial charge is 0.272 e. The molecule has 0 fully saturated rings. The second-order valence-electron chi connectivity index (χ2n) is 5.65. The van der Waals surface area contributed by atoms with E-state index in [1.54, 1.807) is 13.0 Å². The Bertz CT molecular complexity index is 444. The summed E-state index contributed by atoms with van der Waals surface area (Å²) in [5, 5.41) is 14.4. The molecular formula is C15H24N2O2. The minimum absolute atomic E-state index is 0.125. The normalized spacial score (nSPS) is 14.4. The topological polar surface area (TPSA) is 55.2 Å². The maximum absolute atomic E-state index is 10.9. The lowest BCUT2D eigenvalue weighted by Gasteiger charge is -2.20. The van der Waals surface area contributed by atoms with Gasteiger partial charge in [-0.15, -0.1) is 0 Å². The largest absolute Gasteiger partial charge is 0.310 e. The third-order valence-corrected chi connectivity index (χ3v) is 3.81. The molecule has 0 radical (unpaired) electrons. The molecule has 1 aromatic rings. The van der Waals surface area contributed by atoms with E-state index in [1.807, 2.05) is 19.1 Å². The van der Waals surface area contributed by atoms with Gasteiger partial charge < -0.3 is 5.32 Å². The number of aryl methyl sites for hydroxylation is 1. The zero-order chi connectivity index (χ0) is 14.6. The van der Waals surface area contributed by atoms with Crippen LogP contribution in [0.4, 0.5) is 5.69 Å². The lowest BCUT2D eigenvalue weighted by molar-refractivity contribution is -0.385. The van der Waals surface area contributed by atoms with Gasteiger partial charge in [0.15, 0.2) is 0 Å². The minimum Gasteiger partial charge on any atom is -0.310 e. The number of nitro benzene ring substituents is 1. The van der Waals surface area contributed by atoms with E-state index in [4.69, 9.17) is 0 Å². The van der Waals surface area contributed by atoms with Crippen LogP contribution in [-0.2, 0) is 0 Å². The van der Waals surface area contributed by atoms with Gasteiger partial charge in [-0.3, -0.25) is 10.1 Å². The molecule has 0 aromatic heterocycles. The van der Waals surface area contributed by atoms with Crippen molar-refractivity contribution in [1.29, 1.82) is 0 Å². The second-order valence-corrected chi connectivity index (χ2v) is 5.65. The molecule has 0 saturated carbocycles. The van der Waals surface area contributed by atoms with E-state index in [2.05, 4.69) is 26.1 Å². The van der Waals surface area contributed by atoms with E-state index in [1.165, 1.54) is 0 Å². The van der Waals surface area contributed by atoms with Gasteiger partial charge in [-0.2, -0.15) is 0 Å². The van der Waals surface area contributed by atoms with Gasteiger partial charge in [0.2, 0.25) is 0 Å². The van der Waals surface area contributed by atoms with E-state index < -0.39 is 0 Å². The fourth-order valence-corrected chi connectivity index (χ4v) is 1.81. The summed E-state index contributed by atoms with van der Waals surface area (Å²) in [4.78, 5) is 10.6. The van der Waals surface area contributed by atoms with Gasteiger partial charge in [0.1, 0.15) is 0 Å². The van der Waals surface area contributed by atoms with Crippen molar-refractivity contribution in [3.63, 3.8) is 0 Å². The average molecular weight is 264 g/mol. The summed E-state index contributed by atoms with van der Waals surface area (Å²) < 4.78 is 0. The Hall–Kier alpha value is -1.42. The maximum Gasteiger partial charge on any atom is 0.272 e. The molecule has 2 unspecified atom stereocenters. The summed E-state index contributed by atoms with van der Waals surface area (Å²) in [7, 11) is 0. The van der Waals surface area contributed by atoms with Crippen molar-refractivity contribution in [3.05, 3.63) is 39.4 Å². The molecule has 4 heteroatoms. The maximum atomic E-state index is 10.9. The summed E-state index contributed by atoms with van der Waals surface area (Å²) in [5.41, 5.74) is 1.87. The first kappa shape index (κ1) is 15.6. The van der Waals surface area contributed by atoms with Crippen LogP contribution in [0.15, 0.2) is 18.2 Å². The number of hydrogen-bond donors (Lipinski definition) is 1. The second kappa shape index (κ2) is 6.66. The van der Waals surface area contributed by atoms with Crippen LogP contribution in [0.1, 0.15) is 44.9 Å². The number of nitrogens with one attached hydrogen (secondary N) is 1. The van der Waals surface area contributed by atoms with Crippen LogP contribution in [0.25, 0.3) is 0 Å². The van der Waals surface area contributed by atoms with E-state index in [9.17, 15) is 10.1 Å². The Morgan fingerprint density at radius 1 is 1.26 bits per heavy atom. The Morgan fingerprint density at radius 3 is 2.42 bits per heavy atom. The monoisotopic (exact) mass is 264 g/mol. The number of rotatable bonds is 6. The summed E-state index contributed by atoms with van der Waals surface area (Å²) >= 11 is 0. The fourth-order valence-electron chi connectivity index (χ4n) is 1.81. The lowest BCUT2D eigenvalue weighted by atomic mass is 9.97. The lowest BCUT2D eigenvalue weighted by Crippen LogP contribution is -2.26. The van der Waals surface area contributed by atoms with Crippen molar-refractivity contribution in [1.82, 2.24) is 5.32 Å². The third-order valence-electron chi connectivity index (χ3n) is 3.81. The molecule has 1 aromatic carbocycles. The highest BCUT2D eigenvalue weighted by Crippen LogP contribution is 2.23. The molecule has 1 rings (SSSR count). The Balaban J connectivity index is 2.75. The summed E-state index contributed by atoms with van der Waals surface area (Å²) in [6.07, 6.45) is 0. The SMILES string of the molecule is Cc1ccc(C(C)NCC(C)C(C)C)cc1[N+](=O)[O-]. The molecule has 0 bridgehead atoms.